The maximum atomic E-state index is 12.9. The number of hydrogen-bond donors (Lipinski definition) is 0. The van der Waals surface area contributed by atoms with E-state index < -0.39 is 0 Å². The minimum atomic E-state index is -0.346. The first-order chi connectivity index (χ1) is 13.1. The van der Waals surface area contributed by atoms with Crippen LogP contribution in [-0.4, -0.2) is 54.4 Å². The molecule has 0 aromatic heterocycles. The zero-order valence-corrected chi connectivity index (χ0v) is 15.1. The Morgan fingerprint density at radius 3 is 2.15 bits per heavy atom. The molecule has 0 radical (unpaired) electrons. The van der Waals surface area contributed by atoms with Crippen molar-refractivity contribution in [1.29, 1.82) is 0 Å². The van der Waals surface area contributed by atoms with Gasteiger partial charge in [-0.25, -0.2) is 4.39 Å². The van der Waals surface area contributed by atoms with Gasteiger partial charge < -0.3 is 14.5 Å². The summed E-state index contributed by atoms with van der Waals surface area (Å²) in [6.45, 7) is 2.17. The first kappa shape index (κ1) is 18.9. The normalized spacial score (nSPS) is 14.6. The van der Waals surface area contributed by atoms with Crippen LogP contribution in [0.1, 0.15) is 12.0 Å². The number of rotatable bonds is 5. The predicted molar refractivity (Wildman–Crippen MR) is 99.8 cm³/mol. The molecule has 1 heterocycles. The fourth-order valence-electron chi connectivity index (χ4n) is 3.07. The molecule has 0 N–H and O–H groups in total. The van der Waals surface area contributed by atoms with Gasteiger partial charge in [-0.1, -0.05) is 30.3 Å². The lowest BCUT2D eigenvalue weighted by atomic mass is 10.1. The Hall–Kier alpha value is -2.89. The van der Waals surface area contributed by atoms with E-state index in [0.717, 1.165) is 12.0 Å². The SMILES string of the molecule is O=C(COc1ccc(F)cc1)N1CCCN(C(=O)Cc2ccccc2)CC1. The number of carbonyl (C=O) groups excluding carboxylic acids is 2. The highest BCUT2D eigenvalue weighted by atomic mass is 19.1. The molecule has 0 aliphatic carbocycles. The lowest BCUT2D eigenvalue weighted by Crippen LogP contribution is -2.39. The molecule has 142 valence electrons. The summed E-state index contributed by atoms with van der Waals surface area (Å²) in [5.41, 5.74) is 0.993. The van der Waals surface area contributed by atoms with Gasteiger partial charge in [-0.05, 0) is 36.2 Å². The Morgan fingerprint density at radius 2 is 1.48 bits per heavy atom. The second kappa shape index (κ2) is 9.16. The van der Waals surface area contributed by atoms with Gasteiger partial charge in [0.05, 0.1) is 6.42 Å². The second-order valence-corrected chi connectivity index (χ2v) is 6.52. The Bertz CT molecular complexity index is 765. The quantitative estimate of drug-likeness (QED) is 0.813. The van der Waals surface area contributed by atoms with Gasteiger partial charge in [-0.15, -0.1) is 0 Å². The van der Waals surface area contributed by atoms with Crippen molar-refractivity contribution in [2.45, 2.75) is 12.8 Å². The van der Waals surface area contributed by atoms with Gasteiger partial charge in [0.1, 0.15) is 11.6 Å². The number of carbonyl (C=O) groups is 2. The summed E-state index contributed by atoms with van der Waals surface area (Å²) < 4.78 is 18.3. The van der Waals surface area contributed by atoms with Crippen LogP contribution in [0.4, 0.5) is 4.39 Å². The number of nitrogens with zero attached hydrogens (tertiary/aromatic N) is 2. The first-order valence-corrected chi connectivity index (χ1v) is 9.09. The van der Waals surface area contributed by atoms with Crippen LogP contribution in [0.3, 0.4) is 0 Å². The van der Waals surface area contributed by atoms with Gasteiger partial charge >= 0.3 is 0 Å². The third kappa shape index (κ3) is 5.54. The molecule has 3 rings (SSSR count). The minimum absolute atomic E-state index is 0.0815. The standard InChI is InChI=1S/C21H23FN2O3/c22-18-7-9-19(10-8-18)27-16-21(26)24-12-4-11-23(13-14-24)20(25)15-17-5-2-1-3-6-17/h1-3,5-10H,4,11-16H2. The average molecular weight is 370 g/mol. The molecule has 2 aromatic rings. The van der Waals surface area contributed by atoms with E-state index in [4.69, 9.17) is 4.74 Å². The van der Waals surface area contributed by atoms with Crippen LogP contribution in [-0.2, 0) is 16.0 Å². The molecule has 0 saturated carbocycles. The summed E-state index contributed by atoms with van der Waals surface area (Å²) in [7, 11) is 0. The highest BCUT2D eigenvalue weighted by molar-refractivity contribution is 5.80. The van der Waals surface area contributed by atoms with Crippen molar-refractivity contribution in [3.05, 3.63) is 66.0 Å². The van der Waals surface area contributed by atoms with Crippen molar-refractivity contribution in [3.63, 3.8) is 0 Å². The molecule has 6 heteroatoms. The fourth-order valence-corrected chi connectivity index (χ4v) is 3.07. The molecule has 5 nitrogen and oxygen atoms in total. The highest BCUT2D eigenvalue weighted by Crippen LogP contribution is 2.12. The van der Waals surface area contributed by atoms with Crippen LogP contribution in [0.25, 0.3) is 0 Å². The number of halogens is 1. The van der Waals surface area contributed by atoms with E-state index in [-0.39, 0.29) is 24.2 Å². The Labute approximate surface area is 158 Å². The molecule has 2 amide bonds. The number of amides is 2. The molecule has 1 aliphatic heterocycles. The van der Waals surface area contributed by atoms with Gasteiger partial charge in [0.15, 0.2) is 6.61 Å². The van der Waals surface area contributed by atoms with Gasteiger partial charge in [-0.3, -0.25) is 9.59 Å². The Balaban J connectivity index is 1.47. The topological polar surface area (TPSA) is 49.9 Å². The second-order valence-electron chi connectivity index (χ2n) is 6.52. The van der Waals surface area contributed by atoms with Crippen molar-refractivity contribution in [1.82, 2.24) is 9.80 Å². The van der Waals surface area contributed by atoms with E-state index in [1.165, 1.54) is 24.3 Å². The highest BCUT2D eigenvalue weighted by Gasteiger charge is 2.22. The number of benzene rings is 2. The molecular weight excluding hydrogens is 347 g/mol. The third-order valence-electron chi connectivity index (χ3n) is 4.58. The minimum Gasteiger partial charge on any atom is -0.484 e. The number of hydrogen-bond acceptors (Lipinski definition) is 3. The molecule has 0 unspecified atom stereocenters. The molecule has 2 aromatic carbocycles. The molecule has 27 heavy (non-hydrogen) atoms. The fraction of sp³-hybridized carbons (Fsp3) is 0.333. The lowest BCUT2D eigenvalue weighted by Gasteiger charge is -2.22. The summed E-state index contributed by atoms with van der Waals surface area (Å²) in [5.74, 6) is 0.0652. The Kier molecular flexibility index (Phi) is 6.41. The van der Waals surface area contributed by atoms with Crippen molar-refractivity contribution in [2.75, 3.05) is 32.8 Å². The van der Waals surface area contributed by atoms with E-state index >= 15 is 0 Å². The van der Waals surface area contributed by atoms with Crippen molar-refractivity contribution >= 4 is 11.8 Å². The maximum Gasteiger partial charge on any atom is 0.260 e. The van der Waals surface area contributed by atoms with Crippen LogP contribution >= 0.6 is 0 Å². The van der Waals surface area contributed by atoms with E-state index in [2.05, 4.69) is 0 Å². The molecule has 1 saturated heterocycles. The molecule has 0 bridgehead atoms. The first-order valence-electron chi connectivity index (χ1n) is 9.09. The molecule has 0 spiro atoms. The van der Waals surface area contributed by atoms with Crippen LogP contribution in [0.5, 0.6) is 5.75 Å². The summed E-state index contributed by atoms with van der Waals surface area (Å²) >= 11 is 0. The smallest absolute Gasteiger partial charge is 0.260 e. The predicted octanol–water partition coefficient (Wildman–Crippen LogP) is 2.51. The average Bonchev–Trinajstić information content (AvgIpc) is 2.94. The largest absolute Gasteiger partial charge is 0.484 e. The van der Waals surface area contributed by atoms with Gasteiger partial charge in [0.25, 0.3) is 5.91 Å². The molecule has 1 fully saturated rings. The monoisotopic (exact) mass is 370 g/mol. The van der Waals surface area contributed by atoms with E-state index in [1.54, 1.807) is 4.90 Å². The third-order valence-corrected chi connectivity index (χ3v) is 4.58. The van der Waals surface area contributed by atoms with Gasteiger partial charge in [0, 0.05) is 26.2 Å². The summed E-state index contributed by atoms with van der Waals surface area (Å²) in [6, 6.07) is 15.2. The van der Waals surface area contributed by atoms with Gasteiger partial charge in [0.2, 0.25) is 5.91 Å². The maximum absolute atomic E-state index is 12.9. The van der Waals surface area contributed by atoms with Crippen molar-refractivity contribution < 1.29 is 18.7 Å². The van der Waals surface area contributed by atoms with Crippen molar-refractivity contribution in [2.24, 2.45) is 0 Å². The van der Waals surface area contributed by atoms with Crippen LogP contribution in [0, 0.1) is 5.82 Å². The molecular formula is C21H23FN2O3. The van der Waals surface area contributed by atoms with Crippen molar-refractivity contribution in [3.8, 4) is 5.75 Å². The van der Waals surface area contributed by atoms with Crippen LogP contribution < -0.4 is 4.74 Å². The summed E-state index contributed by atoms with van der Waals surface area (Å²) in [4.78, 5) is 28.4. The van der Waals surface area contributed by atoms with E-state index in [1.807, 2.05) is 35.2 Å². The van der Waals surface area contributed by atoms with Crippen LogP contribution in [0.2, 0.25) is 0 Å². The van der Waals surface area contributed by atoms with Gasteiger partial charge in [-0.2, -0.15) is 0 Å². The molecule has 1 aliphatic rings. The zero-order valence-electron chi connectivity index (χ0n) is 15.1. The number of ether oxygens (including phenoxy) is 1. The molecule has 0 atom stereocenters. The zero-order chi connectivity index (χ0) is 19.1. The summed E-state index contributed by atoms with van der Waals surface area (Å²) in [5, 5.41) is 0. The van der Waals surface area contributed by atoms with E-state index in [0.29, 0.717) is 38.3 Å². The van der Waals surface area contributed by atoms with Crippen LogP contribution in [0.15, 0.2) is 54.6 Å². The lowest BCUT2D eigenvalue weighted by molar-refractivity contribution is -0.134. The summed E-state index contributed by atoms with van der Waals surface area (Å²) in [6.07, 6.45) is 1.12. The van der Waals surface area contributed by atoms with E-state index in [9.17, 15) is 14.0 Å². The Morgan fingerprint density at radius 1 is 0.852 bits per heavy atom.